The van der Waals surface area contributed by atoms with E-state index in [1.54, 1.807) is 7.11 Å². The standard InChI is InChI=1S/C22H27N5O/c1-27(2)15-9-14-23-22-25-19(17-10-5-4-6-11-17)16-21(26-22)24-18-12-7-8-13-20(18)28-3/h4-8,10-13,16H,9,14-15H2,1-3H3,(H2,23,24,25,26). The molecule has 0 aliphatic rings. The van der Waals surface area contributed by atoms with Crippen molar-refractivity contribution in [1.82, 2.24) is 14.9 Å². The number of nitrogens with zero attached hydrogens (tertiary/aromatic N) is 3. The molecule has 0 radical (unpaired) electrons. The minimum absolute atomic E-state index is 0.609. The summed E-state index contributed by atoms with van der Waals surface area (Å²) in [6.45, 7) is 1.82. The van der Waals surface area contributed by atoms with Crippen LogP contribution in [0, 0.1) is 0 Å². The van der Waals surface area contributed by atoms with Gasteiger partial charge in [0.1, 0.15) is 11.6 Å². The van der Waals surface area contributed by atoms with E-state index in [2.05, 4.69) is 34.6 Å². The van der Waals surface area contributed by atoms with E-state index in [1.165, 1.54) is 0 Å². The van der Waals surface area contributed by atoms with Crippen LogP contribution in [0.25, 0.3) is 11.3 Å². The van der Waals surface area contributed by atoms with Crippen LogP contribution >= 0.6 is 0 Å². The second-order valence-corrected chi connectivity index (χ2v) is 6.74. The fraction of sp³-hybridized carbons (Fsp3) is 0.273. The summed E-state index contributed by atoms with van der Waals surface area (Å²) in [6.07, 6.45) is 1.02. The monoisotopic (exact) mass is 377 g/mol. The molecule has 0 aliphatic heterocycles. The van der Waals surface area contributed by atoms with Gasteiger partial charge in [-0.1, -0.05) is 42.5 Å². The van der Waals surface area contributed by atoms with Crippen LogP contribution in [0.2, 0.25) is 0 Å². The highest BCUT2D eigenvalue weighted by Gasteiger charge is 2.09. The molecule has 3 rings (SSSR count). The first-order chi connectivity index (χ1) is 13.7. The van der Waals surface area contributed by atoms with Gasteiger partial charge in [0.25, 0.3) is 0 Å². The van der Waals surface area contributed by atoms with Crippen molar-refractivity contribution in [2.75, 3.05) is 44.9 Å². The molecule has 28 heavy (non-hydrogen) atoms. The quantitative estimate of drug-likeness (QED) is 0.543. The lowest BCUT2D eigenvalue weighted by molar-refractivity contribution is 0.405. The molecule has 1 heterocycles. The molecule has 0 spiro atoms. The zero-order valence-electron chi connectivity index (χ0n) is 16.6. The van der Waals surface area contributed by atoms with Gasteiger partial charge in [-0.3, -0.25) is 0 Å². The minimum atomic E-state index is 0.609. The van der Waals surface area contributed by atoms with Crippen molar-refractivity contribution in [2.24, 2.45) is 0 Å². The van der Waals surface area contributed by atoms with Crippen LogP contribution in [-0.4, -0.2) is 49.2 Å². The molecule has 0 amide bonds. The SMILES string of the molecule is COc1ccccc1Nc1cc(-c2ccccc2)nc(NCCCN(C)C)n1. The number of nitrogens with one attached hydrogen (secondary N) is 2. The Morgan fingerprint density at radius 2 is 1.71 bits per heavy atom. The molecule has 0 bridgehead atoms. The van der Waals surface area contributed by atoms with Crippen molar-refractivity contribution in [3.63, 3.8) is 0 Å². The van der Waals surface area contributed by atoms with E-state index < -0.39 is 0 Å². The van der Waals surface area contributed by atoms with Crippen LogP contribution in [0.1, 0.15) is 6.42 Å². The fourth-order valence-corrected chi connectivity index (χ4v) is 2.83. The van der Waals surface area contributed by atoms with Crippen LogP contribution in [0.5, 0.6) is 5.75 Å². The number of methoxy groups -OCH3 is 1. The van der Waals surface area contributed by atoms with E-state index in [4.69, 9.17) is 9.72 Å². The Morgan fingerprint density at radius 1 is 0.964 bits per heavy atom. The zero-order chi connectivity index (χ0) is 19.8. The number of para-hydroxylation sites is 2. The maximum absolute atomic E-state index is 5.44. The summed E-state index contributed by atoms with van der Waals surface area (Å²) >= 11 is 0. The fourth-order valence-electron chi connectivity index (χ4n) is 2.83. The number of benzene rings is 2. The first-order valence-electron chi connectivity index (χ1n) is 9.39. The topological polar surface area (TPSA) is 62.3 Å². The second-order valence-electron chi connectivity index (χ2n) is 6.74. The minimum Gasteiger partial charge on any atom is -0.495 e. The third kappa shape index (κ3) is 5.44. The van der Waals surface area contributed by atoms with Crippen LogP contribution in [0.15, 0.2) is 60.7 Å². The first-order valence-corrected chi connectivity index (χ1v) is 9.39. The van der Waals surface area contributed by atoms with Gasteiger partial charge in [0, 0.05) is 18.2 Å². The van der Waals surface area contributed by atoms with Gasteiger partial charge in [-0.15, -0.1) is 0 Å². The normalized spacial score (nSPS) is 10.7. The van der Waals surface area contributed by atoms with Gasteiger partial charge in [0.15, 0.2) is 0 Å². The number of hydrogen-bond acceptors (Lipinski definition) is 6. The maximum atomic E-state index is 5.44. The predicted molar refractivity (Wildman–Crippen MR) is 115 cm³/mol. The van der Waals surface area contributed by atoms with E-state index in [9.17, 15) is 0 Å². The summed E-state index contributed by atoms with van der Waals surface area (Å²) in [4.78, 5) is 11.5. The number of ether oxygens (including phenoxy) is 1. The first kappa shape index (κ1) is 19.6. The summed E-state index contributed by atoms with van der Waals surface area (Å²) < 4.78 is 5.44. The van der Waals surface area contributed by atoms with Crippen molar-refractivity contribution in [3.8, 4) is 17.0 Å². The Morgan fingerprint density at radius 3 is 2.46 bits per heavy atom. The van der Waals surface area contributed by atoms with E-state index in [-0.39, 0.29) is 0 Å². The lowest BCUT2D eigenvalue weighted by Gasteiger charge is -2.14. The van der Waals surface area contributed by atoms with Gasteiger partial charge in [-0.2, -0.15) is 4.98 Å². The Kier molecular flexibility index (Phi) is 6.81. The van der Waals surface area contributed by atoms with E-state index >= 15 is 0 Å². The molecular weight excluding hydrogens is 350 g/mol. The van der Waals surface area contributed by atoms with Gasteiger partial charge in [-0.05, 0) is 39.2 Å². The Labute approximate surface area is 166 Å². The van der Waals surface area contributed by atoms with Gasteiger partial charge >= 0.3 is 0 Å². The van der Waals surface area contributed by atoms with Crippen molar-refractivity contribution in [3.05, 3.63) is 60.7 Å². The summed E-state index contributed by atoms with van der Waals surface area (Å²) in [5.41, 5.74) is 2.77. The molecule has 146 valence electrons. The lowest BCUT2D eigenvalue weighted by Crippen LogP contribution is -2.17. The van der Waals surface area contributed by atoms with Gasteiger partial charge < -0.3 is 20.3 Å². The Hall–Kier alpha value is -3.12. The highest BCUT2D eigenvalue weighted by molar-refractivity contribution is 5.69. The molecule has 0 saturated carbocycles. The van der Waals surface area contributed by atoms with Crippen molar-refractivity contribution in [1.29, 1.82) is 0 Å². The number of aromatic nitrogens is 2. The summed E-state index contributed by atoms with van der Waals surface area (Å²) in [5, 5.41) is 6.70. The van der Waals surface area contributed by atoms with Crippen LogP contribution in [-0.2, 0) is 0 Å². The van der Waals surface area contributed by atoms with Crippen LogP contribution < -0.4 is 15.4 Å². The maximum Gasteiger partial charge on any atom is 0.225 e. The van der Waals surface area contributed by atoms with Gasteiger partial charge in [-0.25, -0.2) is 4.98 Å². The Bertz CT molecular complexity index is 883. The van der Waals surface area contributed by atoms with Crippen molar-refractivity contribution < 1.29 is 4.74 Å². The second kappa shape index (κ2) is 9.71. The highest BCUT2D eigenvalue weighted by atomic mass is 16.5. The van der Waals surface area contributed by atoms with Crippen LogP contribution in [0.3, 0.4) is 0 Å². The highest BCUT2D eigenvalue weighted by Crippen LogP contribution is 2.28. The molecule has 2 N–H and O–H groups in total. The van der Waals surface area contributed by atoms with Gasteiger partial charge in [0.2, 0.25) is 5.95 Å². The molecular formula is C22H27N5O. The van der Waals surface area contributed by atoms with Crippen LogP contribution in [0.4, 0.5) is 17.5 Å². The molecule has 0 aliphatic carbocycles. The third-order valence-corrected chi connectivity index (χ3v) is 4.23. The Balaban J connectivity index is 1.86. The molecule has 1 aromatic heterocycles. The van der Waals surface area contributed by atoms with E-state index in [0.29, 0.717) is 11.8 Å². The summed E-state index contributed by atoms with van der Waals surface area (Å²) in [5.74, 6) is 2.09. The zero-order valence-corrected chi connectivity index (χ0v) is 16.6. The predicted octanol–water partition coefficient (Wildman–Crippen LogP) is 4.26. The average molecular weight is 377 g/mol. The number of anilines is 3. The molecule has 6 nitrogen and oxygen atoms in total. The largest absolute Gasteiger partial charge is 0.495 e. The summed E-state index contributed by atoms with van der Waals surface area (Å²) in [6, 6.07) is 19.9. The molecule has 3 aromatic rings. The number of rotatable bonds is 9. The van der Waals surface area contributed by atoms with Crippen molar-refractivity contribution in [2.45, 2.75) is 6.42 Å². The molecule has 0 atom stereocenters. The van der Waals surface area contributed by atoms with Gasteiger partial charge in [0.05, 0.1) is 18.5 Å². The molecule has 0 fully saturated rings. The average Bonchev–Trinajstić information content (AvgIpc) is 2.72. The van der Waals surface area contributed by atoms with Crippen molar-refractivity contribution >= 4 is 17.5 Å². The number of hydrogen-bond donors (Lipinski definition) is 2. The molecule has 6 heteroatoms. The lowest BCUT2D eigenvalue weighted by atomic mass is 10.1. The smallest absolute Gasteiger partial charge is 0.225 e. The van der Waals surface area contributed by atoms with E-state index in [0.717, 1.165) is 42.2 Å². The molecule has 0 saturated heterocycles. The van der Waals surface area contributed by atoms with E-state index in [1.807, 2.05) is 60.7 Å². The molecule has 2 aromatic carbocycles. The summed E-state index contributed by atoms with van der Waals surface area (Å²) in [7, 11) is 5.80. The third-order valence-electron chi connectivity index (χ3n) is 4.23. The molecule has 0 unspecified atom stereocenters.